The van der Waals surface area contributed by atoms with Crippen molar-refractivity contribution in [3.63, 3.8) is 0 Å². The van der Waals surface area contributed by atoms with E-state index in [1.165, 1.54) is 24.6 Å². The fraction of sp³-hybridized carbons (Fsp3) is 0.250. The summed E-state index contributed by atoms with van der Waals surface area (Å²) in [4.78, 5) is 43.0. The summed E-state index contributed by atoms with van der Waals surface area (Å²) in [6.45, 7) is 1.33. The molecule has 154 valence electrons. The van der Waals surface area contributed by atoms with Gasteiger partial charge in [-0.2, -0.15) is 0 Å². The minimum absolute atomic E-state index is 0.0749. The lowest BCUT2D eigenvalue weighted by Crippen LogP contribution is -2.51. The first kappa shape index (κ1) is 19.4. The smallest absolute Gasteiger partial charge is 0.289 e. The fourth-order valence-electron chi connectivity index (χ4n) is 3.35. The van der Waals surface area contributed by atoms with Gasteiger partial charge < -0.3 is 19.0 Å². The van der Waals surface area contributed by atoms with Crippen LogP contribution < -0.4 is 4.74 Å². The van der Waals surface area contributed by atoms with E-state index in [0.29, 0.717) is 42.8 Å². The summed E-state index contributed by atoms with van der Waals surface area (Å²) >= 11 is 0. The highest BCUT2D eigenvalue weighted by Gasteiger charge is 2.26. The summed E-state index contributed by atoms with van der Waals surface area (Å²) in [5.41, 5.74) is 0.252. The molecule has 1 aromatic carbocycles. The number of amides is 2. The van der Waals surface area contributed by atoms with Gasteiger partial charge in [-0.3, -0.25) is 24.7 Å². The Morgan fingerprint density at radius 1 is 1.10 bits per heavy atom. The number of fused-ring (bicyclic) bond motifs is 1. The highest BCUT2D eigenvalue weighted by molar-refractivity contribution is 5.93. The molecular weight excluding hydrogens is 392 g/mol. The van der Waals surface area contributed by atoms with E-state index in [4.69, 9.17) is 9.15 Å². The molecular formula is C20H18N4O6. The molecule has 0 atom stereocenters. The molecule has 1 saturated heterocycles. The van der Waals surface area contributed by atoms with Crippen LogP contribution in [0.2, 0.25) is 0 Å². The average molecular weight is 410 g/mol. The van der Waals surface area contributed by atoms with Gasteiger partial charge in [0.2, 0.25) is 0 Å². The van der Waals surface area contributed by atoms with Crippen molar-refractivity contribution < 1.29 is 23.7 Å². The van der Waals surface area contributed by atoms with E-state index in [1.807, 2.05) is 0 Å². The first-order valence-electron chi connectivity index (χ1n) is 9.30. The Balaban J connectivity index is 1.37. The van der Waals surface area contributed by atoms with Crippen LogP contribution in [0.3, 0.4) is 0 Å². The molecule has 0 saturated carbocycles. The molecule has 1 aliphatic heterocycles. The Morgan fingerprint density at radius 3 is 2.57 bits per heavy atom. The summed E-state index contributed by atoms with van der Waals surface area (Å²) in [7, 11) is 0. The number of rotatable bonds is 5. The van der Waals surface area contributed by atoms with Crippen LogP contribution in [0.4, 0.5) is 5.69 Å². The van der Waals surface area contributed by atoms with E-state index in [0.717, 1.165) is 0 Å². The van der Waals surface area contributed by atoms with Gasteiger partial charge in [0.1, 0.15) is 11.3 Å². The van der Waals surface area contributed by atoms with Crippen molar-refractivity contribution in [2.24, 2.45) is 0 Å². The number of carbonyl (C=O) groups excluding carboxylic acids is 2. The van der Waals surface area contributed by atoms with Gasteiger partial charge in [-0.15, -0.1) is 0 Å². The molecule has 4 rings (SSSR count). The van der Waals surface area contributed by atoms with E-state index in [-0.39, 0.29) is 29.9 Å². The molecule has 1 fully saturated rings. The van der Waals surface area contributed by atoms with Crippen molar-refractivity contribution in [3.8, 4) is 5.75 Å². The number of pyridine rings is 1. The molecule has 0 bridgehead atoms. The third kappa shape index (κ3) is 3.79. The molecule has 0 N–H and O–H groups in total. The maximum Gasteiger partial charge on any atom is 0.289 e. The first-order valence-corrected chi connectivity index (χ1v) is 9.30. The number of ether oxygens (including phenoxy) is 1. The summed E-state index contributed by atoms with van der Waals surface area (Å²) in [6.07, 6.45) is 2.96. The SMILES string of the molecule is O=C(COc1ccc([N+](=O)[O-])c2cccnc12)N1CCN(C(=O)c2ccco2)CC1. The maximum absolute atomic E-state index is 12.5. The number of aromatic nitrogens is 1. The van der Waals surface area contributed by atoms with Crippen LogP contribution in [0.5, 0.6) is 5.75 Å². The highest BCUT2D eigenvalue weighted by atomic mass is 16.6. The molecule has 30 heavy (non-hydrogen) atoms. The average Bonchev–Trinajstić information content (AvgIpc) is 3.31. The second kappa shape index (κ2) is 8.19. The number of hydrogen-bond acceptors (Lipinski definition) is 7. The second-order valence-corrected chi connectivity index (χ2v) is 6.68. The van der Waals surface area contributed by atoms with E-state index in [1.54, 1.807) is 34.1 Å². The lowest BCUT2D eigenvalue weighted by molar-refractivity contribution is -0.383. The molecule has 10 nitrogen and oxygen atoms in total. The second-order valence-electron chi connectivity index (χ2n) is 6.68. The minimum atomic E-state index is -0.484. The van der Waals surface area contributed by atoms with Crippen molar-refractivity contribution in [3.05, 3.63) is 64.7 Å². The van der Waals surface area contributed by atoms with E-state index < -0.39 is 4.92 Å². The molecule has 0 spiro atoms. The highest BCUT2D eigenvalue weighted by Crippen LogP contribution is 2.31. The molecule has 3 heterocycles. The zero-order chi connectivity index (χ0) is 21.1. The number of piperazine rings is 1. The van der Waals surface area contributed by atoms with Crippen molar-refractivity contribution in [2.75, 3.05) is 32.8 Å². The van der Waals surface area contributed by atoms with Crippen molar-refractivity contribution >= 4 is 28.4 Å². The van der Waals surface area contributed by atoms with Crippen LogP contribution in [0.15, 0.2) is 53.3 Å². The number of nitro groups is 1. The number of nitrogens with zero attached hydrogens (tertiary/aromatic N) is 4. The lowest BCUT2D eigenvalue weighted by Gasteiger charge is -2.34. The van der Waals surface area contributed by atoms with Crippen molar-refractivity contribution in [1.29, 1.82) is 0 Å². The van der Waals surface area contributed by atoms with Crippen LogP contribution >= 0.6 is 0 Å². The molecule has 0 radical (unpaired) electrons. The van der Waals surface area contributed by atoms with Gasteiger partial charge in [-0.05, 0) is 30.3 Å². The Hall–Kier alpha value is -3.95. The predicted octanol–water partition coefficient (Wildman–Crippen LogP) is 2.10. The number of furan rings is 1. The summed E-state index contributed by atoms with van der Waals surface area (Å²) in [5, 5.41) is 11.5. The van der Waals surface area contributed by atoms with E-state index >= 15 is 0 Å². The number of nitro benzene ring substituents is 1. The molecule has 2 amide bonds. The minimum Gasteiger partial charge on any atom is -0.481 e. The molecule has 1 aliphatic rings. The lowest BCUT2D eigenvalue weighted by atomic mass is 10.1. The zero-order valence-electron chi connectivity index (χ0n) is 15.9. The van der Waals surface area contributed by atoms with E-state index in [9.17, 15) is 19.7 Å². The number of benzene rings is 1. The van der Waals surface area contributed by atoms with Crippen LogP contribution in [0, 0.1) is 10.1 Å². The largest absolute Gasteiger partial charge is 0.481 e. The van der Waals surface area contributed by atoms with Gasteiger partial charge in [0.05, 0.1) is 16.6 Å². The van der Waals surface area contributed by atoms with Gasteiger partial charge in [0.15, 0.2) is 12.4 Å². The Kier molecular flexibility index (Phi) is 5.29. The number of hydrogen-bond donors (Lipinski definition) is 0. The monoisotopic (exact) mass is 410 g/mol. The van der Waals surface area contributed by atoms with Crippen molar-refractivity contribution in [2.45, 2.75) is 0 Å². The van der Waals surface area contributed by atoms with Crippen molar-refractivity contribution in [1.82, 2.24) is 14.8 Å². The Labute approximate surface area is 170 Å². The van der Waals surface area contributed by atoms with E-state index in [2.05, 4.69) is 4.98 Å². The zero-order valence-corrected chi connectivity index (χ0v) is 15.9. The van der Waals surface area contributed by atoms with Gasteiger partial charge in [0, 0.05) is 38.4 Å². The molecule has 0 unspecified atom stereocenters. The molecule has 3 aromatic rings. The predicted molar refractivity (Wildman–Crippen MR) is 105 cm³/mol. The quantitative estimate of drug-likeness (QED) is 0.467. The summed E-state index contributed by atoms with van der Waals surface area (Å²) in [6, 6.07) is 9.24. The maximum atomic E-state index is 12.5. The topological polar surface area (TPSA) is 119 Å². The van der Waals surface area contributed by atoms with Gasteiger partial charge >= 0.3 is 0 Å². The normalized spacial score (nSPS) is 14.0. The third-order valence-electron chi connectivity index (χ3n) is 4.91. The fourth-order valence-corrected chi connectivity index (χ4v) is 3.35. The Morgan fingerprint density at radius 2 is 1.87 bits per heavy atom. The van der Waals surface area contributed by atoms with Crippen LogP contribution in [-0.4, -0.2) is 64.3 Å². The van der Waals surface area contributed by atoms with Crippen LogP contribution in [0.1, 0.15) is 10.6 Å². The van der Waals surface area contributed by atoms with Gasteiger partial charge in [0.25, 0.3) is 17.5 Å². The molecule has 0 aliphatic carbocycles. The van der Waals surface area contributed by atoms with Crippen LogP contribution in [0.25, 0.3) is 10.9 Å². The van der Waals surface area contributed by atoms with Gasteiger partial charge in [-0.1, -0.05) is 0 Å². The first-order chi connectivity index (χ1) is 14.5. The standard InChI is InChI=1S/C20H18N4O6/c25-18(22-8-10-23(11-9-22)20(26)17-4-2-12-29-17)13-30-16-6-5-15(24(27)28)14-3-1-7-21-19(14)16/h1-7,12H,8-11,13H2. The third-order valence-corrected chi connectivity index (χ3v) is 4.91. The van der Waals surface area contributed by atoms with Gasteiger partial charge in [-0.25, -0.2) is 0 Å². The number of carbonyl (C=O) groups is 2. The Bertz CT molecular complexity index is 1090. The number of non-ortho nitro benzene ring substituents is 1. The molecule has 2 aromatic heterocycles. The molecule has 10 heteroatoms. The summed E-state index contributed by atoms with van der Waals surface area (Å²) < 4.78 is 10.8. The summed E-state index contributed by atoms with van der Waals surface area (Å²) in [5.74, 6) is 0.140. The van der Waals surface area contributed by atoms with Crippen LogP contribution in [-0.2, 0) is 4.79 Å².